The highest BCUT2D eigenvalue weighted by Gasteiger charge is 2.40. The maximum Gasteiger partial charge on any atom is 0.317 e. The smallest absolute Gasteiger partial charge is 0.317 e. The molecule has 6 heteroatoms. The zero-order valence-electron chi connectivity index (χ0n) is 17.6. The maximum absolute atomic E-state index is 12.1. The normalized spacial score (nSPS) is 17.6. The van der Waals surface area contributed by atoms with Crippen molar-refractivity contribution in [1.29, 1.82) is 0 Å². The number of aromatic nitrogens is 2. The molecule has 1 saturated heterocycles. The average molecular weight is 405 g/mol. The summed E-state index contributed by atoms with van der Waals surface area (Å²) in [5.41, 5.74) is 5.73. The third-order valence-corrected chi connectivity index (χ3v) is 6.66. The number of ether oxygens (including phenoxy) is 1. The molecule has 6 nitrogen and oxygen atoms in total. The molecule has 0 saturated carbocycles. The van der Waals surface area contributed by atoms with Gasteiger partial charge in [0, 0.05) is 56.1 Å². The van der Waals surface area contributed by atoms with Gasteiger partial charge in [-0.05, 0) is 62.1 Å². The third kappa shape index (κ3) is 3.20. The number of amides is 2. The second-order valence-corrected chi connectivity index (χ2v) is 8.42. The van der Waals surface area contributed by atoms with E-state index >= 15 is 0 Å². The highest BCUT2D eigenvalue weighted by Crippen LogP contribution is 2.41. The molecule has 2 aromatic heterocycles. The summed E-state index contributed by atoms with van der Waals surface area (Å²) in [5.74, 6) is 0.998. The minimum atomic E-state index is -0.136. The number of carbonyl (C=O) groups excluding carboxylic acids is 1. The number of urea groups is 1. The molecule has 2 aliphatic heterocycles. The molecular formula is C24H28N4O2. The third-order valence-electron chi connectivity index (χ3n) is 6.66. The standard InChI is InChI=1S/C24H28N4O2/c1-3-25-23(29)27-13-10-24(11-14-27)9-8-19-16-18(4-6-21(19)30-24)20-5-7-22-26-12-15-28(22)17(20)2/h4-7,12,15-16H,3,8-11,13-14H2,1-2H3,(H,25,29). The van der Waals surface area contributed by atoms with Gasteiger partial charge in [0.2, 0.25) is 0 Å². The first-order valence-electron chi connectivity index (χ1n) is 10.9. The first-order valence-corrected chi connectivity index (χ1v) is 10.9. The molecule has 1 aromatic carbocycles. The van der Waals surface area contributed by atoms with E-state index in [9.17, 15) is 4.79 Å². The van der Waals surface area contributed by atoms with Gasteiger partial charge in [0.05, 0.1) is 0 Å². The topological polar surface area (TPSA) is 58.9 Å². The number of carbonyl (C=O) groups is 1. The molecule has 2 aliphatic rings. The number of piperidine rings is 1. The highest BCUT2D eigenvalue weighted by molar-refractivity contribution is 5.74. The molecule has 2 amide bonds. The van der Waals surface area contributed by atoms with Crippen LogP contribution in [0.4, 0.5) is 4.79 Å². The fraction of sp³-hybridized carbons (Fsp3) is 0.417. The van der Waals surface area contributed by atoms with E-state index in [0.29, 0.717) is 6.54 Å². The zero-order chi connectivity index (χ0) is 20.7. The van der Waals surface area contributed by atoms with Gasteiger partial charge >= 0.3 is 6.03 Å². The van der Waals surface area contributed by atoms with Gasteiger partial charge < -0.3 is 19.4 Å². The first-order chi connectivity index (χ1) is 14.6. The second-order valence-electron chi connectivity index (χ2n) is 8.42. The Labute approximate surface area is 176 Å². The Hall–Kier alpha value is -3.02. The number of imidazole rings is 1. The van der Waals surface area contributed by atoms with Crippen LogP contribution < -0.4 is 10.1 Å². The van der Waals surface area contributed by atoms with Crippen molar-refractivity contribution in [2.24, 2.45) is 0 Å². The van der Waals surface area contributed by atoms with Crippen LogP contribution in [0.15, 0.2) is 42.7 Å². The molecule has 1 fully saturated rings. The van der Waals surface area contributed by atoms with Crippen LogP contribution in [0, 0.1) is 6.92 Å². The molecule has 0 radical (unpaired) electrons. The predicted molar refractivity (Wildman–Crippen MR) is 117 cm³/mol. The summed E-state index contributed by atoms with van der Waals surface area (Å²) in [7, 11) is 0. The average Bonchev–Trinajstić information content (AvgIpc) is 3.24. The number of benzene rings is 1. The summed E-state index contributed by atoms with van der Waals surface area (Å²) in [6, 6.07) is 10.8. The molecular weight excluding hydrogens is 376 g/mol. The van der Waals surface area contributed by atoms with Crippen LogP contribution in [0.3, 0.4) is 0 Å². The summed E-state index contributed by atoms with van der Waals surface area (Å²) < 4.78 is 8.68. The van der Waals surface area contributed by atoms with Crippen molar-refractivity contribution in [1.82, 2.24) is 19.6 Å². The van der Waals surface area contributed by atoms with E-state index in [4.69, 9.17) is 4.74 Å². The molecule has 156 valence electrons. The van der Waals surface area contributed by atoms with E-state index < -0.39 is 0 Å². The molecule has 0 atom stereocenters. The van der Waals surface area contributed by atoms with Crippen LogP contribution in [-0.4, -0.2) is 45.6 Å². The van der Waals surface area contributed by atoms with Gasteiger partial charge in [0.1, 0.15) is 17.0 Å². The lowest BCUT2D eigenvalue weighted by Crippen LogP contribution is -2.53. The Morgan fingerprint density at radius 1 is 1.20 bits per heavy atom. The zero-order valence-corrected chi connectivity index (χ0v) is 17.6. The quantitative estimate of drug-likeness (QED) is 0.696. The van der Waals surface area contributed by atoms with E-state index in [-0.39, 0.29) is 11.6 Å². The van der Waals surface area contributed by atoms with E-state index in [1.807, 2.05) is 24.2 Å². The van der Waals surface area contributed by atoms with Gasteiger partial charge in [-0.25, -0.2) is 9.78 Å². The Bertz CT molecular complexity index is 1100. The van der Waals surface area contributed by atoms with Crippen molar-refractivity contribution >= 4 is 11.7 Å². The van der Waals surface area contributed by atoms with Gasteiger partial charge in [0.15, 0.2) is 0 Å². The van der Waals surface area contributed by atoms with Crippen molar-refractivity contribution in [3.05, 3.63) is 54.0 Å². The Balaban J connectivity index is 1.35. The fourth-order valence-corrected chi connectivity index (χ4v) is 4.86. The number of nitrogens with zero attached hydrogens (tertiary/aromatic N) is 3. The summed E-state index contributed by atoms with van der Waals surface area (Å²) in [5, 5.41) is 2.90. The van der Waals surface area contributed by atoms with Crippen molar-refractivity contribution < 1.29 is 9.53 Å². The number of aryl methyl sites for hydroxylation is 2. The molecule has 1 spiro atoms. The van der Waals surface area contributed by atoms with Gasteiger partial charge in [-0.15, -0.1) is 0 Å². The van der Waals surface area contributed by atoms with Crippen molar-refractivity contribution in [2.75, 3.05) is 19.6 Å². The number of fused-ring (bicyclic) bond motifs is 2. The van der Waals surface area contributed by atoms with Gasteiger partial charge in [-0.1, -0.05) is 6.07 Å². The van der Waals surface area contributed by atoms with Gasteiger partial charge in [-0.2, -0.15) is 0 Å². The lowest BCUT2D eigenvalue weighted by Gasteiger charge is -2.44. The van der Waals surface area contributed by atoms with Gasteiger partial charge in [0.25, 0.3) is 0 Å². The van der Waals surface area contributed by atoms with E-state index in [1.165, 1.54) is 22.4 Å². The summed E-state index contributed by atoms with van der Waals surface area (Å²) in [6.07, 6.45) is 7.64. The number of pyridine rings is 1. The van der Waals surface area contributed by atoms with Crippen molar-refractivity contribution in [2.45, 2.75) is 45.1 Å². The summed E-state index contributed by atoms with van der Waals surface area (Å²) in [6.45, 7) is 6.26. The number of rotatable bonds is 2. The van der Waals surface area contributed by atoms with Crippen LogP contribution in [-0.2, 0) is 6.42 Å². The number of hydrogen-bond donors (Lipinski definition) is 1. The lowest BCUT2D eigenvalue weighted by atomic mass is 9.82. The summed E-state index contributed by atoms with van der Waals surface area (Å²) >= 11 is 0. The monoisotopic (exact) mass is 404 g/mol. The fourth-order valence-electron chi connectivity index (χ4n) is 4.86. The molecule has 0 unspecified atom stereocenters. The molecule has 0 aliphatic carbocycles. The van der Waals surface area contributed by atoms with E-state index in [2.05, 4.69) is 52.0 Å². The van der Waals surface area contributed by atoms with Crippen LogP contribution in [0.25, 0.3) is 16.8 Å². The Morgan fingerprint density at radius 2 is 2.03 bits per heavy atom. The molecule has 4 heterocycles. The van der Waals surface area contributed by atoms with Crippen LogP contribution in [0.2, 0.25) is 0 Å². The largest absolute Gasteiger partial charge is 0.487 e. The van der Waals surface area contributed by atoms with Crippen LogP contribution in [0.1, 0.15) is 37.4 Å². The maximum atomic E-state index is 12.1. The number of hydrogen-bond acceptors (Lipinski definition) is 3. The van der Waals surface area contributed by atoms with E-state index in [1.54, 1.807) is 0 Å². The second kappa shape index (κ2) is 7.35. The highest BCUT2D eigenvalue weighted by atomic mass is 16.5. The first kappa shape index (κ1) is 19.0. The molecule has 0 bridgehead atoms. The van der Waals surface area contributed by atoms with Crippen molar-refractivity contribution in [3.8, 4) is 16.9 Å². The predicted octanol–water partition coefficient (Wildman–Crippen LogP) is 4.20. The molecule has 3 aromatic rings. The Morgan fingerprint density at radius 3 is 2.83 bits per heavy atom. The SMILES string of the molecule is CCNC(=O)N1CCC2(CCc3cc(-c4ccc5nccn5c4C)ccc3O2)CC1. The van der Waals surface area contributed by atoms with Gasteiger partial charge in [-0.3, -0.25) is 0 Å². The minimum Gasteiger partial charge on any atom is -0.487 e. The Kier molecular flexibility index (Phi) is 4.65. The van der Waals surface area contributed by atoms with E-state index in [0.717, 1.165) is 50.2 Å². The molecule has 30 heavy (non-hydrogen) atoms. The van der Waals surface area contributed by atoms with Crippen LogP contribution >= 0.6 is 0 Å². The molecule has 5 rings (SSSR count). The molecule has 1 N–H and O–H groups in total. The lowest BCUT2D eigenvalue weighted by molar-refractivity contribution is -0.00543. The van der Waals surface area contributed by atoms with Crippen LogP contribution in [0.5, 0.6) is 5.75 Å². The number of likely N-dealkylation sites (tertiary alicyclic amines) is 1. The number of nitrogens with one attached hydrogen (secondary N) is 1. The summed E-state index contributed by atoms with van der Waals surface area (Å²) in [4.78, 5) is 18.4. The minimum absolute atomic E-state index is 0.0402. The van der Waals surface area contributed by atoms with Crippen molar-refractivity contribution in [3.63, 3.8) is 0 Å².